The molecule has 0 spiro atoms. The summed E-state index contributed by atoms with van der Waals surface area (Å²) in [6, 6.07) is 15.3. The summed E-state index contributed by atoms with van der Waals surface area (Å²) in [5, 5.41) is 2.83. The van der Waals surface area contributed by atoms with Crippen molar-refractivity contribution in [3.05, 3.63) is 63.2 Å². The van der Waals surface area contributed by atoms with Gasteiger partial charge in [-0.3, -0.25) is 14.0 Å². The van der Waals surface area contributed by atoms with Crippen molar-refractivity contribution in [2.24, 2.45) is 0 Å². The summed E-state index contributed by atoms with van der Waals surface area (Å²) in [6.45, 7) is 3.41. The molecule has 30 heavy (non-hydrogen) atoms. The summed E-state index contributed by atoms with van der Waals surface area (Å²) in [5.74, 6) is -0.337. The molecule has 1 aliphatic rings. The van der Waals surface area contributed by atoms with Gasteiger partial charge in [0.25, 0.3) is 0 Å². The first kappa shape index (κ1) is 23.0. The Balaban J connectivity index is 1.54. The van der Waals surface area contributed by atoms with Gasteiger partial charge in [0, 0.05) is 16.7 Å². The third-order valence-electron chi connectivity index (χ3n) is 5.17. The minimum atomic E-state index is -3.56. The SMILES string of the molecule is CS(=O)(=O)N(CC(=O)NCc1ccc(CN2CCCCC2)cc1)c1ccc(I)cc1. The van der Waals surface area contributed by atoms with Crippen molar-refractivity contribution in [1.29, 1.82) is 0 Å². The largest absolute Gasteiger partial charge is 0.350 e. The fraction of sp³-hybridized carbons (Fsp3) is 0.409. The first-order valence-corrected chi connectivity index (χ1v) is 13.0. The molecule has 0 saturated carbocycles. The molecule has 1 saturated heterocycles. The predicted molar refractivity (Wildman–Crippen MR) is 129 cm³/mol. The fourth-order valence-corrected chi connectivity index (χ4v) is 4.75. The maximum atomic E-state index is 12.4. The van der Waals surface area contributed by atoms with E-state index in [2.05, 4.69) is 44.9 Å². The van der Waals surface area contributed by atoms with Crippen molar-refractivity contribution in [2.75, 3.05) is 30.2 Å². The van der Waals surface area contributed by atoms with E-state index in [4.69, 9.17) is 0 Å². The van der Waals surface area contributed by atoms with E-state index in [1.54, 1.807) is 12.1 Å². The lowest BCUT2D eigenvalue weighted by Crippen LogP contribution is -2.40. The molecule has 6 nitrogen and oxygen atoms in total. The van der Waals surface area contributed by atoms with Crippen LogP contribution >= 0.6 is 22.6 Å². The Bertz CT molecular complexity index is 941. The summed E-state index contributed by atoms with van der Waals surface area (Å²) in [5.41, 5.74) is 2.75. The molecule has 2 aromatic rings. The predicted octanol–water partition coefficient (Wildman–Crippen LogP) is 3.36. The molecule has 1 aliphatic heterocycles. The lowest BCUT2D eigenvalue weighted by molar-refractivity contribution is -0.119. The minimum absolute atomic E-state index is 0.244. The average molecular weight is 541 g/mol. The summed E-state index contributed by atoms with van der Waals surface area (Å²) in [4.78, 5) is 14.9. The second kappa shape index (κ2) is 10.6. The molecule has 0 atom stereocenters. The molecule has 0 aromatic heterocycles. The molecule has 2 aromatic carbocycles. The molecule has 8 heteroatoms. The Hall–Kier alpha value is -1.65. The highest BCUT2D eigenvalue weighted by atomic mass is 127. The van der Waals surface area contributed by atoms with Crippen molar-refractivity contribution in [3.63, 3.8) is 0 Å². The third-order valence-corrected chi connectivity index (χ3v) is 7.03. The van der Waals surface area contributed by atoms with Gasteiger partial charge in [0.15, 0.2) is 0 Å². The van der Waals surface area contributed by atoms with Crippen LogP contribution in [0.2, 0.25) is 0 Å². The highest BCUT2D eigenvalue weighted by Crippen LogP contribution is 2.19. The van der Waals surface area contributed by atoms with Crippen molar-refractivity contribution in [1.82, 2.24) is 10.2 Å². The van der Waals surface area contributed by atoms with E-state index in [0.29, 0.717) is 12.2 Å². The Morgan fingerprint density at radius 2 is 1.60 bits per heavy atom. The molecule has 0 radical (unpaired) electrons. The lowest BCUT2D eigenvalue weighted by Gasteiger charge is -2.26. The molecule has 1 heterocycles. The van der Waals surface area contributed by atoms with E-state index >= 15 is 0 Å². The Kier molecular flexibility index (Phi) is 8.13. The molecule has 3 rings (SSSR count). The molecule has 0 aliphatic carbocycles. The van der Waals surface area contributed by atoms with Gasteiger partial charge in [-0.1, -0.05) is 30.7 Å². The Labute approximate surface area is 192 Å². The van der Waals surface area contributed by atoms with Gasteiger partial charge < -0.3 is 5.32 Å². The van der Waals surface area contributed by atoms with Crippen LogP contribution in [0.1, 0.15) is 30.4 Å². The van der Waals surface area contributed by atoms with E-state index in [9.17, 15) is 13.2 Å². The van der Waals surface area contributed by atoms with E-state index in [1.165, 1.54) is 24.8 Å². The maximum absolute atomic E-state index is 12.4. The highest BCUT2D eigenvalue weighted by Gasteiger charge is 2.20. The lowest BCUT2D eigenvalue weighted by atomic mass is 10.1. The van der Waals surface area contributed by atoms with Gasteiger partial charge in [-0.05, 0) is 83.9 Å². The van der Waals surface area contributed by atoms with E-state index in [-0.39, 0.29) is 12.5 Å². The number of amides is 1. The van der Waals surface area contributed by atoms with Crippen molar-refractivity contribution >= 4 is 44.2 Å². The fourth-order valence-electron chi connectivity index (χ4n) is 3.53. The second-order valence-electron chi connectivity index (χ2n) is 7.68. The number of anilines is 1. The molecule has 0 unspecified atom stereocenters. The van der Waals surface area contributed by atoms with Crippen LogP contribution in [-0.4, -0.2) is 45.1 Å². The Morgan fingerprint density at radius 3 is 2.20 bits per heavy atom. The molecular formula is C22H28IN3O3S. The zero-order valence-electron chi connectivity index (χ0n) is 17.2. The number of likely N-dealkylation sites (tertiary alicyclic amines) is 1. The molecule has 0 bridgehead atoms. The molecule has 162 valence electrons. The summed E-state index contributed by atoms with van der Waals surface area (Å²) < 4.78 is 26.5. The number of hydrogen-bond donors (Lipinski definition) is 1. The number of nitrogens with one attached hydrogen (secondary N) is 1. The number of carbonyl (C=O) groups excluding carboxylic acids is 1. The van der Waals surface area contributed by atoms with Crippen LogP contribution in [0.25, 0.3) is 0 Å². The maximum Gasteiger partial charge on any atom is 0.241 e. The Morgan fingerprint density at radius 1 is 1.00 bits per heavy atom. The van der Waals surface area contributed by atoms with E-state index in [0.717, 1.165) is 39.3 Å². The van der Waals surface area contributed by atoms with Gasteiger partial charge in [0.2, 0.25) is 15.9 Å². The van der Waals surface area contributed by atoms with Gasteiger partial charge in [0.1, 0.15) is 6.54 Å². The standard InChI is InChI=1S/C22H28IN3O3S/c1-30(28,29)26(21-11-9-20(23)10-12-21)17-22(27)24-15-18-5-7-19(8-6-18)16-25-13-3-2-4-14-25/h5-12H,2-4,13-17H2,1H3,(H,24,27). The van der Waals surface area contributed by atoms with Crippen LogP contribution in [0.15, 0.2) is 48.5 Å². The number of hydrogen-bond acceptors (Lipinski definition) is 4. The third kappa shape index (κ3) is 6.95. The first-order valence-electron chi connectivity index (χ1n) is 10.1. The number of sulfonamides is 1. The summed E-state index contributed by atoms with van der Waals surface area (Å²) in [6.07, 6.45) is 4.99. The monoisotopic (exact) mass is 541 g/mol. The van der Waals surface area contributed by atoms with Gasteiger partial charge in [-0.15, -0.1) is 0 Å². The quantitative estimate of drug-likeness (QED) is 0.521. The highest BCUT2D eigenvalue weighted by molar-refractivity contribution is 14.1. The van der Waals surface area contributed by atoms with Gasteiger partial charge in [-0.2, -0.15) is 0 Å². The van der Waals surface area contributed by atoms with Crippen LogP contribution in [-0.2, 0) is 27.9 Å². The van der Waals surface area contributed by atoms with Crippen LogP contribution in [0.3, 0.4) is 0 Å². The molecule has 1 N–H and O–H groups in total. The first-order chi connectivity index (χ1) is 14.3. The number of carbonyl (C=O) groups is 1. The second-order valence-corrected chi connectivity index (χ2v) is 10.8. The van der Waals surface area contributed by atoms with Gasteiger partial charge >= 0.3 is 0 Å². The summed E-state index contributed by atoms with van der Waals surface area (Å²) >= 11 is 2.15. The van der Waals surface area contributed by atoms with E-state index < -0.39 is 10.0 Å². The van der Waals surface area contributed by atoms with Crippen molar-refractivity contribution in [2.45, 2.75) is 32.4 Å². The van der Waals surface area contributed by atoms with Crippen LogP contribution in [0.4, 0.5) is 5.69 Å². The zero-order chi connectivity index (χ0) is 21.6. The smallest absolute Gasteiger partial charge is 0.241 e. The van der Waals surface area contributed by atoms with Crippen molar-refractivity contribution in [3.8, 4) is 0 Å². The number of halogens is 1. The van der Waals surface area contributed by atoms with E-state index in [1.807, 2.05) is 24.3 Å². The zero-order valence-corrected chi connectivity index (χ0v) is 20.2. The van der Waals surface area contributed by atoms with Crippen LogP contribution < -0.4 is 9.62 Å². The van der Waals surface area contributed by atoms with Gasteiger partial charge in [0.05, 0.1) is 11.9 Å². The summed E-state index contributed by atoms with van der Waals surface area (Å²) in [7, 11) is -3.56. The average Bonchev–Trinajstić information content (AvgIpc) is 2.72. The van der Waals surface area contributed by atoms with Crippen molar-refractivity contribution < 1.29 is 13.2 Å². The molecular weight excluding hydrogens is 513 g/mol. The molecule has 1 fully saturated rings. The topological polar surface area (TPSA) is 69.7 Å². The van der Waals surface area contributed by atoms with Crippen LogP contribution in [0, 0.1) is 3.57 Å². The minimum Gasteiger partial charge on any atom is -0.350 e. The number of piperidine rings is 1. The van der Waals surface area contributed by atoms with Crippen LogP contribution in [0.5, 0.6) is 0 Å². The number of benzene rings is 2. The normalized spacial score (nSPS) is 15.0. The molecule has 1 amide bonds. The van der Waals surface area contributed by atoms with Gasteiger partial charge in [-0.25, -0.2) is 8.42 Å². The number of nitrogens with zero attached hydrogens (tertiary/aromatic N) is 2. The number of rotatable bonds is 8.